The highest BCUT2D eigenvalue weighted by atomic mass is 16.1. The molecule has 2 atom stereocenters. The van der Waals surface area contributed by atoms with Crippen molar-refractivity contribution in [3.63, 3.8) is 0 Å². The minimum absolute atomic E-state index is 0.00144. The van der Waals surface area contributed by atoms with Crippen LogP contribution in [0.1, 0.15) is 65.2 Å². The van der Waals surface area contributed by atoms with Crippen molar-refractivity contribution in [2.24, 2.45) is 5.73 Å². The van der Waals surface area contributed by atoms with E-state index in [1.54, 1.807) is 11.8 Å². The summed E-state index contributed by atoms with van der Waals surface area (Å²) in [6.07, 6.45) is 6.31. The maximum Gasteiger partial charge on any atom is 0.188 e. The molecule has 1 rings (SSSR count). The van der Waals surface area contributed by atoms with Gasteiger partial charge in [-0.1, -0.05) is 19.8 Å². The molecule has 0 aromatic heterocycles. The highest BCUT2D eigenvalue weighted by molar-refractivity contribution is 5.82. The number of carbonyl (C=O) groups is 2. The maximum atomic E-state index is 12.0. The molecule has 0 bridgehead atoms. The molecule has 5 heteroatoms. The molecular weight excluding hydrogens is 254 g/mol. The van der Waals surface area contributed by atoms with Gasteiger partial charge in [0.05, 0.1) is 0 Å². The first kappa shape index (κ1) is 16.7. The Bertz CT molecular complexity index is 368. The van der Waals surface area contributed by atoms with Crippen LogP contribution in [0, 0.1) is 5.41 Å². The van der Waals surface area contributed by atoms with Crippen LogP contribution < -0.4 is 5.73 Å². The van der Waals surface area contributed by atoms with Crippen LogP contribution in [0.4, 0.5) is 0 Å². The molecule has 0 saturated carbocycles. The standard InChI is InChI=1S/C15H27N3O2/c1-3-4-5-6-14(20)10-13-8-7-12(9-11(2)19)18(13)15(16)17/h12-13H,3-10H2,1-2H3,(H3,16,17)/t12-,13+/m0/s1. The molecule has 0 amide bonds. The molecule has 0 aromatic carbocycles. The lowest BCUT2D eigenvalue weighted by Crippen LogP contribution is -2.46. The number of carbonyl (C=O) groups excluding carboxylic acids is 2. The molecule has 1 aliphatic rings. The highest BCUT2D eigenvalue weighted by Crippen LogP contribution is 2.28. The molecule has 20 heavy (non-hydrogen) atoms. The molecule has 0 spiro atoms. The van der Waals surface area contributed by atoms with E-state index in [0.29, 0.717) is 19.3 Å². The van der Waals surface area contributed by atoms with Gasteiger partial charge < -0.3 is 10.6 Å². The van der Waals surface area contributed by atoms with Crippen LogP contribution in [-0.4, -0.2) is 34.5 Å². The lowest BCUT2D eigenvalue weighted by atomic mass is 10.0. The second kappa shape index (κ2) is 8.02. The zero-order chi connectivity index (χ0) is 15.1. The predicted octanol–water partition coefficient (Wildman–Crippen LogP) is 2.23. The van der Waals surface area contributed by atoms with Gasteiger partial charge in [-0.15, -0.1) is 0 Å². The van der Waals surface area contributed by atoms with Crippen LogP contribution in [0.2, 0.25) is 0 Å². The normalized spacial score (nSPS) is 22.0. The van der Waals surface area contributed by atoms with Gasteiger partial charge in [-0.3, -0.25) is 15.0 Å². The van der Waals surface area contributed by atoms with Crippen molar-refractivity contribution in [1.82, 2.24) is 4.90 Å². The molecule has 1 heterocycles. The van der Waals surface area contributed by atoms with E-state index in [9.17, 15) is 9.59 Å². The lowest BCUT2D eigenvalue weighted by molar-refractivity contribution is -0.120. The Morgan fingerprint density at radius 2 is 1.80 bits per heavy atom. The number of likely N-dealkylation sites (tertiary alicyclic amines) is 1. The SMILES string of the molecule is CCCCCC(=O)C[C@H]1CC[C@@H](CC(C)=O)N1C(=N)N. The van der Waals surface area contributed by atoms with Gasteiger partial charge in [-0.2, -0.15) is 0 Å². The summed E-state index contributed by atoms with van der Waals surface area (Å²) in [5.41, 5.74) is 5.64. The Morgan fingerprint density at radius 1 is 1.20 bits per heavy atom. The number of ketones is 2. The van der Waals surface area contributed by atoms with Gasteiger partial charge in [-0.25, -0.2) is 0 Å². The summed E-state index contributed by atoms with van der Waals surface area (Å²) in [7, 11) is 0. The van der Waals surface area contributed by atoms with E-state index in [2.05, 4.69) is 6.92 Å². The van der Waals surface area contributed by atoms with Crippen molar-refractivity contribution < 1.29 is 9.59 Å². The van der Waals surface area contributed by atoms with Gasteiger partial charge in [-0.05, 0) is 26.2 Å². The lowest BCUT2D eigenvalue weighted by Gasteiger charge is -2.30. The van der Waals surface area contributed by atoms with E-state index in [4.69, 9.17) is 11.1 Å². The smallest absolute Gasteiger partial charge is 0.188 e. The largest absolute Gasteiger partial charge is 0.370 e. The molecule has 0 aliphatic carbocycles. The first-order valence-corrected chi connectivity index (χ1v) is 7.59. The Hall–Kier alpha value is -1.39. The van der Waals surface area contributed by atoms with Crippen LogP contribution in [0.25, 0.3) is 0 Å². The van der Waals surface area contributed by atoms with E-state index in [0.717, 1.165) is 32.1 Å². The molecule has 3 N–H and O–H groups in total. The fourth-order valence-electron chi connectivity index (χ4n) is 3.02. The van der Waals surface area contributed by atoms with Gasteiger partial charge in [0.25, 0.3) is 0 Å². The summed E-state index contributed by atoms with van der Waals surface area (Å²) in [6.45, 7) is 3.67. The third-order valence-electron chi connectivity index (χ3n) is 3.94. The second-order valence-corrected chi connectivity index (χ2v) is 5.78. The topological polar surface area (TPSA) is 87.2 Å². The fourth-order valence-corrected chi connectivity index (χ4v) is 3.02. The quantitative estimate of drug-likeness (QED) is 0.406. The van der Waals surface area contributed by atoms with Crippen LogP contribution in [-0.2, 0) is 9.59 Å². The van der Waals surface area contributed by atoms with Crippen LogP contribution in [0.3, 0.4) is 0 Å². The van der Waals surface area contributed by atoms with Gasteiger partial charge in [0.2, 0.25) is 0 Å². The van der Waals surface area contributed by atoms with Crippen molar-refractivity contribution in [1.29, 1.82) is 5.41 Å². The van der Waals surface area contributed by atoms with Crippen molar-refractivity contribution in [3.8, 4) is 0 Å². The summed E-state index contributed by atoms with van der Waals surface area (Å²) in [4.78, 5) is 25.0. The molecule has 1 aliphatic heterocycles. The maximum absolute atomic E-state index is 12.0. The number of nitrogens with zero attached hydrogens (tertiary/aromatic N) is 1. The zero-order valence-corrected chi connectivity index (χ0v) is 12.7. The first-order valence-electron chi connectivity index (χ1n) is 7.59. The van der Waals surface area contributed by atoms with E-state index >= 15 is 0 Å². The van der Waals surface area contributed by atoms with E-state index in [-0.39, 0.29) is 29.6 Å². The first-order chi connectivity index (χ1) is 9.45. The van der Waals surface area contributed by atoms with E-state index in [1.807, 2.05) is 0 Å². The highest BCUT2D eigenvalue weighted by Gasteiger charge is 2.35. The van der Waals surface area contributed by atoms with Gasteiger partial charge >= 0.3 is 0 Å². The summed E-state index contributed by atoms with van der Waals surface area (Å²) in [6, 6.07) is 0.00409. The number of nitrogens with one attached hydrogen (secondary N) is 1. The average molecular weight is 281 g/mol. The molecule has 5 nitrogen and oxygen atoms in total. The van der Waals surface area contributed by atoms with Crippen molar-refractivity contribution in [2.45, 2.75) is 77.3 Å². The molecule has 0 radical (unpaired) electrons. The Labute approximate surface area is 121 Å². The minimum Gasteiger partial charge on any atom is -0.370 e. The van der Waals surface area contributed by atoms with E-state index < -0.39 is 0 Å². The summed E-state index contributed by atoms with van der Waals surface area (Å²) in [5, 5.41) is 7.69. The van der Waals surface area contributed by atoms with Crippen LogP contribution in [0.15, 0.2) is 0 Å². The summed E-state index contributed by atoms with van der Waals surface area (Å²) >= 11 is 0. The number of rotatable bonds is 8. The van der Waals surface area contributed by atoms with Gasteiger partial charge in [0, 0.05) is 31.3 Å². The zero-order valence-electron chi connectivity index (χ0n) is 12.7. The number of hydrogen-bond donors (Lipinski definition) is 2. The number of Topliss-reactive ketones (excluding diaryl/α,β-unsaturated/α-hetero) is 2. The number of nitrogens with two attached hydrogens (primary N) is 1. The molecule has 1 fully saturated rings. The van der Waals surface area contributed by atoms with Gasteiger partial charge in [0.15, 0.2) is 5.96 Å². The predicted molar refractivity (Wildman–Crippen MR) is 79.6 cm³/mol. The Balaban J connectivity index is 2.54. The molecule has 0 unspecified atom stereocenters. The fraction of sp³-hybridized carbons (Fsp3) is 0.800. The molecule has 114 valence electrons. The molecular formula is C15H27N3O2. The average Bonchev–Trinajstić information content (AvgIpc) is 2.71. The minimum atomic E-state index is -0.0138. The molecule has 0 aromatic rings. The third kappa shape index (κ3) is 4.94. The summed E-state index contributed by atoms with van der Waals surface area (Å²) in [5.74, 6) is 0.342. The van der Waals surface area contributed by atoms with Crippen LogP contribution in [0.5, 0.6) is 0 Å². The summed E-state index contributed by atoms with van der Waals surface area (Å²) < 4.78 is 0. The van der Waals surface area contributed by atoms with Crippen molar-refractivity contribution in [2.75, 3.05) is 0 Å². The Morgan fingerprint density at radius 3 is 2.30 bits per heavy atom. The van der Waals surface area contributed by atoms with Gasteiger partial charge in [0.1, 0.15) is 11.6 Å². The molecule has 1 saturated heterocycles. The third-order valence-corrected chi connectivity index (χ3v) is 3.94. The second-order valence-electron chi connectivity index (χ2n) is 5.78. The van der Waals surface area contributed by atoms with E-state index in [1.165, 1.54) is 0 Å². The number of guanidine groups is 1. The number of unbranched alkanes of at least 4 members (excludes halogenated alkanes) is 2. The Kier molecular flexibility index (Phi) is 6.68. The van der Waals surface area contributed by atoms with Crippen LogP contribution >= 0.6 is 0 Å². The van der Waals surface area contributed by atoms with Crippen molar-refractivity contribution in [3.05, 3.63) is 0 Å². The van der Waals surface area contributed by atoms with Crippen molar-refractivity contribution >= 4 is 17.5 Å². The monoisotopic (exact) mass is 281 g/mol. The number of hydrogen-bond acceptors (Lipinski definition) is 3.